The van der Waals surface area contributed by atoms with Crippen molar-refractivity contribution in [1.82, 2.24) is 4.90 Å². The number of benzene rings is 2. The lowest BCUT2D eigenvalue weighted by atomic mass is 9.86. The van der Waals surface area contributed by atoms with Crippen LogP contribution in [0.5, 0.6) is 0 Å². The summed E-state index contributed by atoms with van der Waals surface area (Å²) in [6.45, 7) is 3.04. The van der Waals surface area contributed by atoms with Crippen LogP contribution in [0.3, 0.4) is 0 Å². The van der Waals surface area contributed by atoms with Gasteiger partial charge in [-0.15, -0.1) is 0 Å². The second kappa shape index (κ2) is 9.89. The number of carbonyl (C=O) groups excluding carboxylic acids is 1. The normalized spacial score (nSPS) is 17.4. The zero-order valence-electron chi connectivity index (χ0n) is 16.1. The van der Waals surface area contributed by atoms with Crippen molar-refractivity contribution in [3.05, 3.63) is 71.3 Å². The van der Waals surface area contributed by atoms with Gasteiger partial charge in [0.25, 0.3) is 0 Å². The first-order valence-corrected chi connectivity index (χ1v) is 10.00. The molecule has 1 saturated heterocycles. The standard InChI is InChI=1S/C23H28F2N2O/c24-20-8-4-18(5-9-20)23(19-6-10-21(25)11-7-19)3-1-2-22(28)16-27-13-12-17(14-26)15-27/h4-11,17,23H,1-3,12-16,26H2. The quantitative estimate of drug-likeness (QED) is 0.705. The largest absolute Gasteiger partial charge is 0.330 e. The Morgan fingerprint density at radius 3 is 2.11 bits per heavy atom. The smallest absolute Gasteiger partial charge is 0.146 e. The van der Waals surface area contributed by atoms with Gasteiger partial charge < -0.3 is 5.73 Å². The number of likely N-dealkylation sites (tertiary alicyclic amines) is 1. The molecular weight excluding hydrogens is 358 g/mol. The molecule has 3 nitrogen and oxygen atoms in total. The van der Waals surface area contributed by atoms with E-state index in [4.69, 9.17) is 5.73 Å². The van der Waals surface area contributed by atoms with Crippen LogP contribution in [0.25, 0.3) is 0 Å². The molecule has 0 saturated carbocycles. The lowest BCUT2D eigenvalue weighted by Gasteiger charge is -2.19. The van der Waals surface area contributed by atoms with E-state index in [-0.39, 0.29) is 23.3 Å². The van der Waals surface area contributed by atoms with E-state index >= 15 is 0 Å². The van der Waals surface area contributed by atoms with Crippen LogP contribution < -0.4 is 5.73 Å². The first kappa shape index (κ1) is 20.6. The predicted octanol–water partition coefficient (Wildman–Crippen LogP) is 4.12. The summed E-state index contributed by atoms with van der Waals surface area (Å²) in [5, 5.41) is 0. The Morgan fingerprint density at radius 1 is 1.04 bits per heavy atom. The number of halogens is 2. The van der Waals surface area contributed by atoms with Crippen LogP contribution in [0.4, 0.5) is 8.78 Å². The minimum Gasteiger partial charge on any atom is -0.330 e. The number of nitrogens with zero attached hydrogens (tertiary/aromatic N) is 1. The molecule has 0 spiro atoms. The third-order valence-corrected chi connectivity index (χ3v) is 5.60. The Kier molecular flexibility index (Phi) is 7.29. The van der Waals surface area contributed by atoms with Crippen LogP contribution in [0.1, 0.15) is 42.7 Å². The first-order chi connectivity index (χ1) is 13.5. The summed E-state index contributed by atoms with van der Waals surface area (Å²) in [4.78, 5) is 14.6. The predicted molar refractivity (Wildman–Crippen MR) is 107 cm³/mol. The van der Waals surface area contributed by atoms with E-state index < -0.39 is 0 Å². The van der Waals surface area contributed by atoms with Crippen molar-refractivity contribution in [2.75, 3.05) is 26.2 Å². The van der Waals surface area contributed by atoms with Crippen molar-refractivity contribution < 1.29 is 13.6 Å². The van der Waals surface area contributed by atoms with Gasteiger partial charge >= 0.3 is 0 Å². The molecule has 0 bridgehead atoms. The van der Waals surface area contributed by atoms with E-state index in [0.717, 1.165) is 43.5 Å². The second-order valence-electron chi connectivity index (χ2n) is 7.71. The Bertz CT molecular complexity index is 716. The number of rotatable bonds is 9. The van der Waals surface area contributed by atoms with Crippen LogP contribution in [0.15, 0.2) is 48.5 Å². The molecule has 2 aromatic carbocycles. The van der Waals surface area contributed by atoms with Gasteiger partial charge in [0, 0.05) is 18.9 Å². The Hall–Kier alpha value is -2.11. The SMILES string of the molecule is NCC1CCN(CC(=O)CCCC(c2ccc(F)cc2)c2ccc(F)cc2)C1. The lowest BCUT2D eigenvalue weighted by molar-refractivity contribution is -0.120. The van der Waals surface area contributed by atoms with Crippen LogP contribution >= 0.6 is 0 Å². The molecule has 0 aliphatic carbocycles. The zero-order valence-corrected chi connectivity index (χ0v) is 16.1. The highest BCUT2D eigenvalue weighted by atomic mass is 19.1. The molecule has 3 rings (SSSR count). The average Bonchev–Trinajstić information content (AvgIpc) is 3.14. The van der Waals surface area contributed by atoms with Gasteiger partial charge in [0.1, 0.15) is 17.4 Å². The molecule has 2 N–H and O–H groups in total. The van der Waals surface area contributed by atoms with E-state index in [2.05, 4.69) is 4.90 Å². The van der Waals surface area contributed by atoms with Gasteiger partial charge in [0.15, 0.2) is 0 Å². The molecule has 150 valence electrons. The molecule has 1 atom stereocenters. The van der Waals surface area contributed by atoms with Crippen molar-refractivity contribution in [2.45, 2.75) is 31.6 Å². The molecule has 2 aromatic rings. The highest BCUT2D eigenvalue weighted by molar-refractivity contribution is 5.80. The van der Waals surface area contributed by atoms with E-state index in [1.807, 2.05) is 0 Å². The third kappa shape index (κ3) is 5.69. The van der Waals surface area contributed by atoms with Crippen molar-refractivity contribution >= 4 is 5.78 Å². The molecule has 0 aromatic heterocycles. The summed E-state index contributed by atoms with van der Waals surface area (Å²) >= 11 is 0. The van der Waals surface area contributed by atoms with Crippen molar-refractivity contribution in [2.24, 2.45) is 11.7 Å². The number of Topliss-reactive ketones (excluding diaryl/α,β-unsaturated/α-hetero) is 1. The van der Waals surface area contributed by atoms with Crippen molar-refractivity contribution in [3.8, 4) is 0 Å². The maximum atomic E-state index is 13.3. The summed E-state index contributed by atoms with van der Waals surface area (Å²) in [5.41, 5.74) is 7.67. The van der Waals surface area contributed by atoms with Gasteiger partial charge in [-0.25, -0.2) is 8.78 Å². The van der Waals surface area contributed by atoms with Crippen LogP contribution in [0.2, 0.25) is 0 Å². The van der Waals surface area contributed by atoms with E-state index in [0.29, 0.717) is 25.4 Å². The average molecular weight is 386 g/mol. The third-order valence-electron chi connectivity index (χ3n) is 5.60. The highest BCUT2D eigenvalue weighted by Crippen LogP contribution is 2.30. The minimum atomic E-state index is -0.279. The molecule has 1 aliphatic heterocycles. The molecule has 1 heterocycles. The van der Waals surface area contributed by atoms with Crippen LogP contribution in [-0.2, 0) is 4.79 Å². The molecule has 28 heavy (non-hydrogen) atoms. The fraction of sp³-hybridized carbons (Fsp3) is 0.435. The second-order valence-corrected chi connectivity index (χ2v) is 7.71. The molecule has 5 heteroatoms. The van der Waals surface area contributed by atoms with Gasteiger partial charge in [0.2, 0.25) is 0 Å². The van der Waals surface area contributed by atoms with Gasteiger partial charge in [-0.3, -0.25) is 9.69 Å². The zero-order chi connectivity index (χ0) is 19.9. The van der Waals surface area contributed by atoms with Gasteiger partial charge in [-0.1, -0.05) is 24.3 Å². The number of carbonyl (C=O) groups is 1. The Labute approximate surface area is 165 Å². The fourth-order valence-electron chi connectivity index (χ4n) is 4.00. The van der Waals surface area contributed by atoms with Gasteiger partial charge in [-0.05, 0) is 73.7 Å². The Morgan fingerprint density at radius 2 is 1.61 bits per heavy atom. The number of hydrogen-bond acceptors (Lipinski definition) is 3. The first-order valence-electron chi connectivity index (χ1n) is 10.00. The van der Waals surface area contributed by atoms with Crippen molar-refractivity contribution in [1.29, 1.82) is 0 Å². The maximum absolute atomic E-state index is 13.3. The summed E-state index contributed by atoms with van der Waals surface area (Å²) in [6.07, 6.45) is 3.09. The monoisotopic (exact) mass is 386 g/mol. The van der Waals surface area contributed by atoms with Gasteiger partial charge in [0.05, 0.1) is 6.54 Å². The highest BCUT2D eigenvalue weighted by Gasteiger charge is 2.23. The molecule has 0 radical (unpaired) electrons. The van der Waals surface area contributed by atoms with E-state index in [1.165, 1.54) is 24.3 Å². The van der Waals surface area contributed by atoms with E-state index in [1.54, 1.807) is 24.3 Å². The van der Waals surface area contributed by atoms with Crippen LogP contribution in [-0.4, -0.2) is 36.9 Å². The summed E-state index contributed by atoms with van der Waals surface area (Å²) in [6, 6.07) is 12.8. The topological polar surface area (TPSA) is 46.3 Å². The molecule has 0 amide bonds. The minimum absolute atomic E-state index is 0.0161. The number of nitrogens with two attached hydrogens (primary N) is 1. The lowest BCUT2D eigenvalue weighted by Crippen LogP contribution is -2.28. The Balaban J connectivity index is 1.58. The summed E-state index contributed by atoms with van der Waals surface area (Å²) in [7, 11) is 0. The van der Waals surface area contributed by atoms with Crippen molar-refractivity contribution in [3.63, 3.8) is 0 Å². The summed E-state index contributed by atoms with van der Waals surface area (Å²) < 4.78 is 26.6. The maximum Gasteiger partial charge on any atom is 0.146 e. The van der Waals surface area contributed by atoms with Crippen LogP contribution in [0, 0.1) is 17.6 Å². The fourth-order valence-corrected chi connectivity index (χ4v) is 4.00. The van der Waals surface area contributed by atoms with Gasteiger partial charge in [-0.2, -0.15) is 0 Å². The van der Waals surface area contributed by atoms with E-state index in [9.17, 15) is 13.6 Å². The molecule has 1 aliphatic rings. The molecular formula is C23H28F2N2O. The molecule has 1 unspecified atom stereocenters. The summed E-state index contributed by atoms with van der Waals surface area (Å²) in [5.74, 6) is 0.211. The number of ketones is 1. The molecule has 1 fully saturated rings. The number of hydrogen-bond donors (Lipinski definition) is 1.